The normalized spacial score (nSPS) is 30.9. The second kappa shape index (κ2) is 5.40. The van der Waals surface area contributed by atoms with Gasteiger partial charge < -0.3 is 5.32 Å². The highest BCUT2D eigenvalue weighted by atomic mass is 35.5. The van der Waals surface area contributed by atoms with E-state index in [-0.39, 0.29) is 11.3 Å². The second-order valence-electron chi connectivity index (χ2n) is 7.16. The highest BCUT2D eigenvalue weighted by Crippen LogP contribution is 2.41. The monoisotopic (exact) mass is 271 g/mol. The van der Waals surface area contributed by atoms with Crippen LogP contribution in [0.3, 0.4) is 0 Å². The Balaban J connectivity index is 1.79. The lowest BCUT2D eigenvalue weighted by Crippen LogP contribution is -2.39. The molecule has 2 rings (SSSR count). The summed E-state index contributed by atoms with van der Waals surface area (Å²) in [5, 5.41) is 2.71. The first-order valence-corrected chi connectivity index (χ1v) is 7.76. The lowest BCUT2D eigenvalue weighted by Gasteiger charge is -2.37. The third-order valence-electron chi connectivity index (χ3n) is 4.58. The summed E-state index contributed by atoms with van der Waals surface area (Å²) >= 11 is 6.33. The van der Waals surface area contributed by atoms with Crippen LogP contribution in [0.1, 0.15) is 59.3 Å². The summed E-state index contributed by atoms with van der Waals surface area (Å²) < 4.78 is 0. The SMILES string of the molecule is CC(C)(C)C1CCC(C(Cl)C(=O)NC2CC2)CC1. The maximum Gasteiger partial charge on any atom is 0.238 e. The highest BCUT2D eigenvalue weighted by Gasteiger charge is 2.36. The van der Waals surface area contributed by atoms with Crippen molar-refractivity contribution in [3.63, 3.8) is 0 Å². The van der Waals surface area contributed by atoms with E-state index in [4.69, 9.17) is 11.6 Å². The van der Waals surface area contributed by atoms with Gasteiger partial charge in [0, 0.05) is 6.04 Å². The lowest BCUT2D eigenvalue weighted by molar-refractivity contribution is -0.122. The fraction of sp³-hybridized carbons (Fsp3) is 0.933. The molecule has 0 aromatic carbocycles. The van der Waals surface area contributed by atoms with E-state index in [9.17, 15) is 4.79 Å². The summed E-state index contributed by atoms with van der Waals surface area (Å²) in [7, 11) is 0. The first-order valence-electron chi connectivity index (χ1n) is 7.32. The summed E-state index contributed by atoms with van der Waals surface area (Å²) in [6.45, 7) is 6.95. The van der Waals surface area contributed by atoms with Crippen molar-refractivity contribution in [1.82, 2.24) is 5.32 Å². The lowest BCUT2D eigenvalue weighted by atomic mass is 9.69. The molecule has 104 valence electrons. The molecule has 2 saturated carbocycles. The minimum absolute atomic E-state index is 0.0679. The third-order valence-corrected chi connectivity index (χ3v) is 5.14. The van der Waals surface area contributed by atoms with E-state index in [1.165, 1.54) is 12.8 Å². The van der Waals surface area contributed by atoms with E-state index in [1.54, 1.807) is 0 Å². The molecule has 1 amide bonds. The summed E-state index contributed by atoms with van der Waals surface area (Å²) in [6.07, 6.45) is 6.91. The van der Waals surface area contributed by atoms with Crippen LogP contribution in [-0.2, 0) is 4.79 Å². The van der Waals surface area contributed by atoms with Gasteiger partial charge in [-0.25, -0.2) is 0 Å². The Kier molecular flexibility index (Phi) is 4.25. The number of nitrogens with one attached hydrogen (secondary N) is 1. The topological polar surface area (TPSA) is 29.1 Å². The quantitative estimate of drug-likeness (QED) is 0.779. The zero-order valence-corrected chi connectivity index (χ0v) is 12.6. The fourth-order valence-corrected chi connectivity index (χ4v) is 3.32. The minimum Gasteiger partial charge on any atom is -0.352 e. The summed E-state index contributed by atoms with van der Waals surface area (Å²) in [4.78, 5) is 11.9. The summed E-state index contributed by atoms with van der Waals surface area (Å²) in [5.74, 6) is 1.23. The first kappa shape index (κ1) is 14.2. The molecule has 1 atom stereocenters. The van der Waals surface area contributed by atoms with Gasteiger partial charge >= 0.3 is 0 Å². The molecule has 0 aromatic heterocycles. The van der Waals surface area contributed by atoms with Gasteiger partial charge in [0.15, 0.2) is 0 Å². The van der Waals surface area contributed by atoms with E-state index >= 15 is 0 Å². The maximum absolute atomic E-state index is 11.9. The zero-order valence-electron chi connectivity index (χ0n) is 11.8. The van der Waals surface area contributed by atoms with Crippen LogP contribution in [0.5, 0.6) is 0 Å². The van der Waals surface area contributed by atoms with Crippen molar-refractivity contribution in [1.29, 1.82) is 0 Å². The van der Waals surface area contributed by atoms with Gasteiger partial charge in [-0.2, -0.15) is 0 Å². The largest absolute Gasteiger partial charge is 0.352 e. The minimum atomic E-state index is -0.313. The fourth-order valence-electron chi connectivity index (χ4n) is 3.00. The van der Waals surface area contributed by atoms with E-state index in [0.29, 0.717) is 17.4 Å². The van der Waals surface area contributed by atoms with Crippen LogP contribution < -0.4 is 5.32 Å². The molecule has 2 aliphatic rings. The van der Waals surface area contributed by atoms with Crippen LogP contribution >= 0.6 is 11.6 Å². The number of amides is 1. The Bertz CT molecular complexity index is 298. The van der Waals surface area contributed by atoms with Gasteiger partial charge in [-0.15, -0.1) is 11.6 Å². The van der Waals surface area contributed by atoms with Crippen LogP contribution in [0.15, 0.2) is 0 Å². The summed E-state index contributed by atoms with van der Waals surface area (Å²) in [5.41, 5.74) is 0.392. The Morgan fingerprint density at radius 3 is 2.11 bits per heavy atom. The van der Waals surface area contributed by atoms with Crippen molar-refractivity contribution < 1.29 is 4.79 Å². The van der Waals surface area contributed by atoms with Crippen LogP contribution in [-0.4, -0.2) is 17.3 Å². The molecule has 0 spiro atoms. The van der Waals surface area contributed by atoms with Crippen molar-refractivity contribution >= 4 is 17.5 Å². The highest BCUT2D eigenvalue weighted by molar-refractivity contribution is 6.31. The standard InChI is InChI=1S/C15H26ClNO/c1-15(2,3)11-6-4-10(5-7-11)13(16)14(18)17-12-8-9-12/h10-13H,4-9H2,1-3H3,(H,17,18). The molecule has 0 saturated heterocycles. The van der Waals surface area contributed by atoms with Gasteiger partial charge in [-0.05, 0) is 55.8 Å². The van der Waals surface area contributed by atoms with Crippen LogP contribution in [0.2, 0.25) is 0 Å². The van der Waals surface area contributed by atoms with Gasteiger partial charge in [0.05, 0.1) is 0 Å². The van der Waals surface area contributed by atoms with Crippen LogP contribution in [0.25, 0.3) is 0 Å². The van der Waals surface area contributed by atoms with E-state index in [0.717, 1.165) is 31.6 Å². The van der Waals surface area contributed by atoms with Gasteiger partial charge in [0.1, 0.15) is 5.38 Å². The molecule has 18 heavy (non-hydrogen) atoms. The predicted molar refractivity (Wildman–Crippen MR) is 75.7 cm³/mol. The van der Waals surface area contributed by atoms with Crippen molar-refractivity contribution in [2.75, 3.05) is 0 Å². The molecule has 0 radical (unpaired) electrons. The molecule has 2 aliphatic carbocycles. The number of rotatable bonds is 3. The van der Waals surface area contributed by atoms with Crippen LogP contribution in [0, 0.1) is 17.3 Å². The molecule has 0 aliphatic heterocycles. The van der Waals surface area contributed by atoms with Gasteiger partial charge in [0.25, 0.3) is 0 Å². The molecule has 0 bridgehead atoms. The molecular formula is C15H26ClNO. The van der Waals surface area contributed by atoms with Gasteiger partial charge in [0.2, 0.25) is 5.91 Å². The molecule has 2 fully saturated rings. The smallest absolute Gasteiger partial charge is 0.238 e. The van der Waals surface area contributed by atoms with Crippen molar-refractivity contribution in [2.24, 2.45) is 17.3 Å². The maximum atomic E-state index is 11.9. The Hall–Kier alpha value is -0.240. The Labute approximate surface area is 116 Å². The van der Waals surface area contributed by atoms with Crippen molar-refractivity contribution in [2.45, 2.75) is 70.7 Å². The number of carbonyl (C=O) groups is 1. The summed E-state index contributed by atoms with van der Waals surface area (Å²) in [6, 6.07) is 0.421. The van der Waals surface area contributed by atoms with Crippen molar-refractivity contribution in [3.8, 4) is 0 Å². The molecule has 1 unspecified atom stereocenters. The molecular weight excluding hydrogens is 246 g/mol. The van der Waals surface area contributed by atoms with E-state index < -0.39 is 0 Å². The van der Waals surface area contributed by atoms with Gasteiger partial charge in [-0.3, -0.25) is 4.79 Å². The Morgan fingerprint density at radius 1 is 1.11 bits per heavy atom. The number of halogens is 1. The third kappa shape index (κ3) is 3.63. The van der Waals surface area contributed by atoms with E-state index in [1.807, 2.05) is 0 Å². The number of carbonyl (C=O) groups excluding carboxylic acids is 1. The zero-order chi connectivity index (χ0) is 13.3. The molecule has 1 N–H and O–H groups in total. The van der Waals surface area contributed by atoms with E-state index in [2.05, 4.69) is 26.1 Å². The second-order valence-corrected chi connectivity index (χ2v) is 7.63. The van der Waals surface area contributed by atoms with Gasteiger partial charge in [-0.1, -0.05) is 20.8 Å². The average Bonchev–Trinajstić information content (AvgIpc) is 3.11. The molecule has 0 aromatic rings. The Morgan fingerprint density at radius 2 is 1.67 bits per heavy atom. The number of hydrogen-bond donors (Lipinski definition) is 1. The molecule has 3 heteroatoms. The average molecular weight is 272 g/mol. The van der Waals surface area contributed by atoms with Crippen molar-refractivity contribution in [3.05, 3.63) is 0 Å². The number of alkyl halides is 1. The number of hydrogen-bond acceptors (Lipinski definition) is 1. The molecule has 2 nitrogen and oxygen atoms in total. The molecule has 0 heterocycles. The first-order chi connectivity index (χ1) is 8.38. The predicted octanol–water partition coefficient (Wildman–Crippen LogP) is 3.72. The van der Waals surface area contributed by atoms with Crippen LogP contribution in [0.4, 0.5) is 0 Å².